The van der Waals surface area contributed by atoms with E-state index < -0.39 is 18.7 Å². The minimum Gasteiger partial charge on any atom is -0.454 e. The second kappa shape index (κ2) is 16.9. The van der Waals surface area contributed by atoms with Gasteiger partial charge in [-0.2, -0.15) is 0 Å². The number of rotatable bonds is 8. The molecule has 6 saturated carbocycles. The molecule has 7 nitrogen and oxygen atoms in total. The maximum absolute atomic E-state index is 14.8. The van der Waals surface area contributed by atoms with E-state index in [0.29, 0.717) is 47.6 Å². The van der Waals surface area contributed by atoms with Gasteiger partial charge in [-0.25, -0.2) is 4.79 Å². The number of hydrogen-bond donors (Lipinski definition) is 2. The number of hydrogen-bond acceptors (Lipinski definition) is 7. The van der Waals surface area contributed by atoms with Crippen LogP contribution in [0.15, 0.2) is 36.4 Å². The first kappa shape index (κ1) is 40.7. The zero-order valence-electron chi connectivity index (χ0n) is 37.7. The highest BCUT2D eigenvalue weighted by Gasteiger charge is 2.53. The van der Waals surface area contributed by atoms with Crippen molar-refractivity contribution in [3.8, 4) is 11.5 Å². The van der Waals surface area contributed by atoms with Gasteiger partial charge in [-0.3, -0.25) is 0 Å². The number of nitrogens with one attached hydrogen (secondary N) is 2. The molecule has 4 bridgehead atoms. The van der Waals surface area contributed by atoms with Gasteiger partial charge < -0.3 is 29.6 Å². The van der Waals surface area contributed by atoms with Crippen molar-refractivity contribution in [1.29, 1.82) is 0 Å². The molecule has 8 unspecified atom stereocenters. The largest absolute Gasteiger partial charge is 0.514 e. The summed E-state index contributed by atoms with van der Waals surface area (Å²) in [5.74, 6) is 5.88. The summed E-state index contributed by atoms with van der Waals surface area (Å²) in [6.07, 6.45) is 30.3. The Kier molecular flexibility index (Phi) is 11.1. The molecule has 0 amide bonds. The molecule has 12 rings (SSSR count). The van der Waals surface area contributed by atoms with Crippen molar-refractivity contribution in [1.82, 2.24) is 10.6 Å². The molecule has 0 spiro atoms. The van der Waals surface area contributed by atoms with Gasteiger partial charge in [-0.15, -0.1) is 0 Å². The van der Waals surface area contributed by atoms with Crippen LogP contribution in [0.5, 0.6) is 11.5 Å². The lowest BCUT2D eigenvalue weighted by Crippen LogP contribution is -2.59. The Morgan fingerprint density at radius 3 is 1.47 bits per heavy atom. The fourth-order valence-corrected chi connectivity index (χ4v) is 17.5. The molecular formula is C55H76N2O5. The van der Waals surface area contributed by atoms with Gasteiger partial charge in [0.25, 0.3) is 12.6 Å². The van der Waals surface area contributed by atoms with Crippen molar-refractivity contribution in [2.45, 2.75) is 202 Å². The topological polar surface area (TPSA) is 78.1 Å². The van der Waals surface area contributed by atoms with Crippen LogP contribution in [0.3, 0.4) is 0 Å². The third-order valence-corrected chi connectivity index (χ3v) is 20.1. The average Bonchev–Trinajstić information content (AvgIpc) is 3.31. The van der Waals surface area contributed by atoms with E-state index in [1.807, 2.05) is 0 Å². The molecule has 14 atom stereocenters. The van der Waals surface area contributed by atoms with E-state index in [2.05, 4.69) is 47.0 Å². The Balaban J connectivity index is 0.850. The summed E-state index contributed by atoms with van der Waals surface area (Å²) < 4.78 is 27.7. The summed E-state index contributed by atoms with van der Waals surface area (Å²) in [7, 11) is 0. The normalized spacial score (nSPS) is 40.3. The molecule has 336 valence electrons. The minimum absolute atomic E-state index is 0.162. The van der Waals surface area contributed by atoms with Crippen LogP contribution in [0.2, 0.25) is 0 Å². The number of carbonyl (C=O) groups is 1. The third-order valence-electron chi connectivity index (χ3n) is 20.1. The monoisotopic (exact) mass is 845 g/mol. The summed E-state index contributed by atoms with van der Waals surface area (Å²) in [5, 5.41) is 7.82. The summed E-state index contributed by atoms with van der Waals surface area (Å²) in [5.41, 5.74) is 6.50. The van der Waals surface area contributed by atoms with Gasteiger partial charge in [0.05, 0.1) is 0 Å². The Labute approximate surface area is 372 Å². The molecule has 62 heavy (non-hydrogen) atoms. The smallest absolute Gasteiger partial charge is 0.454 e. The zero-order chi connectivity index (χ0) is 41.3. The van der Waals surface area contributed by atoms with Gasteiger partial charge in [0.2, 0.25) is 0 Å². The summed E-state index contributed by atoms with van der Waals surface area (Å²) in [6, 6.07) is 15.0. The molecule has 2 N–H and O–H groups in total. The molecule has 0 radical (unpaired) electrons. The first-order valence-electron chi connectivity index (χ1n) is 26.5. The molecule has 2 aromatic carbocycles. The van der Waals surface area contributed by atoms with Crippen LogP contribution in [0.4, 0.5) is 4.79 Å². The van der Waals surface area contributed by atoms with Gasteiger partial charge in [-0.1, -0.05) is 102 Å². The molecule has 2 aromatic rings. The van der Waals surface area contributed by atoms with Gasteiger partial charge in [0.15, 0.2) is 0 Å². The van der Waals surface area contributed by atoms with Crippen LogP contribution < -0.4 is 20.1 Å². The SMILES string of the molecule is O=C(OC(Oc1ccc2c(c1)[C@@]13CCCC[C@H]1[C@@H](C2)NCC3)C1CCCC2CCCCC21)OC(Oc1ccc2c(c1)[C@@]13CCCC[C@H]1[C@@H](C2)NCC3)C1CCCC2CCCCC21. The molecule has 2 saturated heterocycles. The molecule has 2 heterocycles. The van der Waals surface area contributed by atoms with E-state index >= 15 is 0 Å². The van der Waals surface area contributed by atoms with Crippen molar-refractivity contribution >= 4 is 6.16 Å². The molecule has 0 aromatic heterocycles. The van der Waals surface area contributed by atoms with Gasteiger partial charge >= 0.3 is 6.16 Å². The van der Waals surface area contributed by atoms with Crippen molar-refractivity contribution in [3.63, 3.8) is 0 Å². The number of carbonyl (C=O) groups excluding carboxylic acids is 1. The highest BCUT2D eigenvalue weighted by molar-refractivity contribution is 5.60. The lowest BCUT2D eigenvalue weighted by molar-refractivity contribution is -0.167. The average molecular weight is 845 g/mol. The first-order chi connectivity index (χ1) is 30.5. The minimum atomic E-state index is -0.677. The van der Waals surface area contributed by atoms with Crippen molar-refractivity contribution in [2.24, 2.45) is 47.3 Å². The molecular weight excluding hydrogens is 769 g/mol. The van der Waals surface area contributed by atoms with E-state index in [1.54, 1.807) is 0 Å². The number of piperidine rings is 2. The Morgan fingerprint density at radius 1 is 0.516 bits per heavy atom. The fourth-order valence-electron chi connectivity index (χ4n) is 17.5. The van der Waals surface area contributed by atoms with Crippen LogP contribution >= 0.6 is 0 Å². The van der Waals surface area contributed by atoms with Gasteiger partial charge in [0, 0.05) is 34.7 Å². The molecule has 8 aliphatic carbocycles. The number of benzene rings is 2. The Morgan fingerprint density at radius 2 is 0.968 bits per heavy atom. The summed E-state index contributed by atoms with van der Waals surface area (Å²) >= 11 is 0. The zero-order valence-corrected chi connectivity index (χ0v) is 37.7. The second-order valence-corrected chi connectivity index (χ2v) is 22.7. The highest BCUT2D eigenvalue weighted by atomic mass is 16.8. The van der Waals surface area contributed by atoms with Crippen LogP contribution in [0, 0.1) is 47.3 Å². The van der Waals surface area contributed by atoms with E-state index in [-0.39, 0.29) is 22.7 Å². The highest BCUT2D eigenvalue weighted by Crippen LogP contribution is 2.57. The standard InChI is InChI=1S/C55H76N2O5/c58-53(61-51(43-17-9-13-35-11-1-3-15-41(35)43)59-39-23-21-37-31-49-45-19-5-7-25-54(45,27-29-56-49)47(37)33-39)62-52(44-18-10-14-36-12-2-4-16-42(36)44)60-40-24-22-38-32-50-46-20-6-8-26-55(46,28-30-57-50)48(38)34-40/h21-24,33-36,41-46,49-52,56-57H,1-20,25-32H2/t35?,36?,41?,42?,43?,44?,45-,46-,49+,50+,51?,52?,54+,55+/m0/s1. The van der Waals surface area contributed by atoms with Crippen molar-refractivity contribution in [3.05, 3.63) is 58.7 Å². The number of ether oxygens (including phenoxy) is 4. The molecule has 10 aliphatic rings. The van der Waals surface area contributed by atoms with Crippen LogP contribution in [0.1, 0.15) is 176 Å². The lowest BCUT2D eigenvalue weighted by Gasteiger charge is -2.56. The van der Waals surface area contributed by atoms with Crippen LogP contribution in [-0.2, 0) is 33.1 Å². The van der Waals surface area contributed by atoms with E-state index in [0.717, 1.165) is 50.3 Å². The predicted molar refractivity (Wildman–Crippen MR) is 242 cm³/mol. The van der Waals surface area contributed by atoms with E-state index in [9.17, 15) is 4.79 Å². The van der Waals surface area contributed by atoms with Crippen molar-refractivity contribution < 1.29 is 23.7 Å². The van der Waals surface area contributed by atoms with Crippen LogP contribution in [0.25, 0.3) is 0 Å². The maximum atomic E-state index is 14.8. The van der Waals surface area contributed by atoms with Gasteiger partial charge in [0.1, 0.15) is 11.5 Å². The summed E-state index contributed by atoms with van der Waals surface area (Å²) in [4.78, 5) is 14.8. The fraction of sp³-hybridized carbons (Fsp3) is 0.764. The summed E-state index contributed by atoms with van der Waals surface area (Å²) in [6.45, 7) is 2.20. The predicted octanol–water partition coefficient (Wildman–Crippen LogP) is 11.9. The van der Waals surface area contributed by atoms with Crippen molar-refractivity contribution in [2.75, 3.05) is 13.1 Å². The first-order valence-corrected chi connectivity index (χ1v) is 26.5. The lowest BCUT2D eigenvalue weighted by atomic mass is 9.53. The van der Waals surface area contributed by atoms with E-state index in [4.69, 9.17) is 18.9 Å². The van der Waals surface area contributed by atoms with E-state index in [1.165, 1.54) is 164 Å². The van der Waals surface area contributed by atoms with Gasteiger partial charge in [-0.05, 0) is 172 Å². The quantitative estimate of drug-likeness (QED) is 0.202. The Bertz CT molecular complexity index is 1800. The third kappa shape index (κ3) is 7.14. The second-order valence-electron chi connectivity index (χ2n) is 22.7. The maximum Gasteiger partial charge on any atom is 0.514 e. The Hall–Kier alpha value is -2.77. The molecule has 7 heteroatoms. The number of fused-ring (bicyclic) bond motifs is 4. The molecule has 2 aliphatic heterocycles. The van der Waals surface area contributed by atoms with Crippen LogP contribution in [-0.4, -0.2) is 43.9 Å². The molecule has 8 fully saturated rings.